The maximum absolute atomic E-state index is 10.2. The van der Waals surface area contributed by atoms with Gasteiger partial charge in [-0.1, -0.05) is 0 Å². The Balaban J connectivity index is -0.0000000533. The Bertz CT molecular complexity index is 135. The third-order valence-electron chi connectivity index (χ3n) is 0. The zero-order valence-corrected chi connectivity index (χ0v) is 11.4. The molecule has 0 atom stereocenters. The van der Waals surface area contributed by atoms with Crippen molar-refractivity contribution < 1.29 is 74.4 Å². The van der Waals surface area contributed by atoms with Crippen molar-refractivity contribution >= 4 is 0 Å². The van der Waals surface area contributed by atoms with Crippen LogP contribution in [-0.4, -0.2) is 24.7 Å². The molecular formula is C8H8F12Ti. The van der Waals surface area contributed by atoms with E-state index >= 15 is 0 Å². The van der Waals surface area contributed by atoms with Gasteiger partial charge in [0.15, 0.2) is 0 Å². The molecule has 0 aliphatic rings. The maximum Gasteiger partial charge on any atom is 4.00 e. The fourth-order valence-corrected chi connectivity index (χ4v) is 0. The van der Waals surface area contributed by atoms with Crippen LogP contribution in [0.15, 0.2) is 0 Å². The third-order valence-corrected chi connectivity index (χ3v) is 0. The molecule has 0 aromatic heterocycles. The molecule has 0 N–H and O–H groups in total. The van der Waals surface area contributed by atoms with E-state index in [0.29, 0.717) is 0 Å². The summed E-state index contributed by atoms with van der Waals surface area (Å²) in [5.74, 6) is 0. The van der Waals surface area contributed by atoms with Gasteiger partial charge in [0.2, 0.25) is 0 Å². The molecule has 0 aromatic rings. The van der Waals surface area contributed by atoms with Crippen LogP contribution in [-0.2, 0) is 21.7 Å². The van der Waals surface area contributed by atoms with Crippen LogP contribution in [0, 0.1) is 27.7 Å². The molecule has 0 spiro atoms. The minimum atomic E-state index is -4.25. The van der Waals surface area contributed by atoms with Gasteiger partial charge in [-0.15, -0.1) is 0 Å². The van der Waals surface area contributed by atoms with Crippen LogP contribution in [0.5, 0.6) is 0 Å². The molecule has 0 radical (unpaired) electrons. The van der Waals surface area contributed by atoms with E-state index in [-0.39, 0.29) is 21.7 Å². The van der Waals surface area contributed by atoms with Crippen molar-refractivity contribution in [3.8, 4) is 0 Å². The predicted molar refractivity (Wildman–Crippen MR) is 45.6 cm³/mol. The first-order valence-corrected chi connectivity index (χ1v) is 3.68. The van der Waals surface area contributed by atoms with Crippen molar-refractivity contribution in [1.29, 1.82) is 0 Å². The van der Waals surface area contributed by atoms with Gasteiger partial charge in [0, 0.05) is 0 Å². The van der Waals surface area contributed by atoms with Crippen LogP contribution in [0.1, 0.15) is 0 Å². The Hall–Kier alpha value is -0.126. The molecule has 0 aromatic carbocycles. The molecule has 0 heterocycles. The van der Waals surface area contributed by atoms with Gasteiger partial charge in [0.1, 0.15) is 0 Å². The predicted octanol–water partition coefficient (Wildman–Crippen LogP) is 5.53. The van der Waals surface area contributed by atoms with Gasteiger partial charge < -0.3 is 0 Å². The molecule has 0 amide bonds. The van der Waals surface area contributed by atoms with Crippen molar-refractivity contribution in [1.82, 2.24) is 0 Å². The second-order valence-corrected chi connectivity index (χ2v) is 2.46. The Morgan fingerprint density at radius 3 is 0.333 bits per heavy atom. The maximum atomic E-state index is 10.2. The monoisotopic (exact) mass is 380 g/mol. The van der Waals surface area contributed by atoms with Gasteiger partial charge >= 0.3 is 21.7 Å². The summed E-state index contributed by atoms with van der Waals surface area (Å²) in [5, 5.41) is 0. The van der Waals surface area contributed by atoms with Crippen LogP contribution >= 0.6 is 0 Å². The van der Waals surface area contributed by atoms with Crippen LogP contribution in [0.2, 0.25) is 0 Å². The number of halogens is 12. The van der Waals surface area contributed by atoms with E-state index in [9.17, 15) is 52.7 Å². The van der Waals surface area contributed by atoms with Gasteiger partial charge in [0.25, 0.3) is 24.7 Å². The van der Waals surface area contributed by atoms with Crippen molar-refractivity contribution in [2.45, 2.75) is 24.7 Å². The van der Waals surface area contributed by atoms with E-state index in [0.717, 1.165) is 0 Å². The SMILES string of the molecule is [CH2-]C(F)(F)F.[CH2-]C(F)(F)F.[CH2-]C(F)(F)F.[CH2-]C(F)(F)F.[Ti+4]. The minimum absolute atomic E-state index is 0. The van der Waals surface area contributed by atoms with Gasteiger partial charge in [-0.25, -0.2) is 80.4 Å². The van der Waals surface area contributed by atoms with Gasteiger partial charge in [-0.3, -0.25) is 0 Å². The number of hydrogen-bond acceptors (Lipinski definition) is 0. The summed E-state index contributed by atoms with van der Waals surface area (Å²) in [6.07, 6.45) is -17.0. The van der Waals surface area contributed by atoms with E-state index in [1.165, 1.54) is 0 Å². The summed E-state index contributed by atoms with van der Waals surface area (Å²) in [6, 6.07) is 0. The third kappa shape index (κ3) is 402000. The Morgan fingerprint density at radius 1 is 0.333 bits per heavy atom. The number of hydrogen-bond donors (Lipinski definition) is 0. The molecule has 21 heavy (non-hydrogen) atoms. The zero-order valence-electron chi connectivity index (χ0n) is 9.86. The first-order chi connectivity index (χ1) is 8.00. The van der Waals surface area contributed by atoms with Gasteiger partial charge in [-0.2, -0.15) is 0 Å². The largest absolute Gasteiger partial charge is 4.00 e. The molecule has 0 nitrogen and oxygen atoms in total. The van der Waals surface area contributed by atoms with Crippen LogP contribution in [0.4, 0.5) is 52.7 Å². The van der Waals surface area contributed by atoms with Gasteiger partial charge in [-0.05, 0) is 0 Å². The molecule has 0 fully saturated rings. The molecule has 0 aliphatic heterocycles. The zero-order chi connectivity index (χ0) is 18.0. The fourth-order valence-electron chi connectivity index (χ4n) is 0. The van der Waals surface area contributed by atoms with Crippen molar-refractivity contribution in [2.75, 3.05) is 0 Å². The molecular weight excluding hydrogens is 372 g/mol. The second kappa shape index (κ2) is 12.4. The summed E-state index contributed by atoms with van der Waals surface area (Å²) < 4.78 is 123. The second-order valence-electron chi connectivity index (χ2n) is 2.46. The molecule has 0 saturated carbocycles. The average molecular weight is 380 g/mol. The number of rotatable bonds is 0. The fraction of sp³-hybridized carbons (Fsp3) is 0.500. The summed E-state index contributed by atoms with van der Waals surface area (Å²) in [5.41, 5.74) is 0. The summed E-state index contributed by atoms with van der Waals surface area (Å²) >= 11 is 0. The normalized spacial score (nSPS) is 11.4. The van der Waals surface area contributed by atoms with Gasteiger partial charge in [0.05, 0.1) is 0 Å². The first kappa shape index (κ1) is 32.7. The van der Waals surface area contributed by atoms with Crippen LogP contribution < -0.4 is 0 Å². The minimum Gasteiger partial charge on any atom is -0.241 e. The molecule has 128 valence electrons. The summed E-state index contributed by atoms with van der Waals surface area (Å²) in [7, 11) is 0. The van der Waals surface area contributed by atoms with Crippen LogP contribution in [0.25, 0.3) is 0 Å². The molecule has 0 rings (SSSR count). The topological polar surface area (TPSA) is 0 Å². The summed E-state index contributed by atoms with van der Waals surface area (Å²) in [6.45, 7) is 7.08. The molecule has 0 bridgehead atoms. The molecule has 0 unspecified atom stereocenters. The smallest absolute Gasteiger partial charge is 0.241 e. The quantitative estimate of drug-likeness (QED) is 0.295. The Kier molecular flexibility index (Phi) is 19.4. The molecule has 0 aliphatic carbocycles. The standard InChI is InChI=1S/4C2H2F3.Ti/c4*1-2(3,4)5;/h4*1H2;/q4*-1;+4. The van der Waals surface area contributed by atoms with Crippen molar-refractivity contribution in [3.63, 3.8) is 0 Å². The average Bonchev–Trinajstić information content (AvgIpc) is 1.62. The van der Waals surface area contributed by atoms with Crippen molar-refractivity contribution in [2.24, 2.45) is 0 Å². The molecule has 13 heteroatoms. The molecule has 0 saturated heterocycles. The first-order valence-electron chi connectivity index (χ1n) is 3.68. The van der Waals surface area contributed by atoms with E-state index in [1.54, 1.807) is 27.7 Å². The van der Waals surface area contributed by atoms with E-state index in [2.05, 4.69) is 0 Å². The van der Waals surface area contributed by atoms with E-state index in [4.69, 9.17) is 0 Å². The van der Waals surface area contributed by atoms with Crippen molar-refractivity contribution in [3.05, 3.63) is 27.7 Å². The Morgan fingerprint density at radius 2 is 0.333 bits per heavy atom. The van der Waals surface area contributed by atoms with E-state index in [1.807, 2.05) is 0 Å². The van der Waals surface area contributed by atoms with Crippen LogP contribution in [0.3, 0.4) is 0 Å². The Labute approximate surface area is 127 Å². The number of alkyl halides is 12. The summed E-state index contributed by atoms with van der Waals surface area (Å²) in [4.78, 5) is 0. The van der Waals surface area contributed by atoms with E-state index < -0.39 is 24.7 Å².